The lowest BCUT2D eigenvalue weighted by Crippen LogP contribution is -2.52. The van der Waals surface area contributed by atoms with Crippen LogP contribution in [0.25, 0.3) is 0 Å². The summed E-state index contributed by atoms with van der Waals surface area (Å²) in [5.41, 5.74) is 1.14. The Hall–Kier alpha value is -2.55. The molecule has 0 aliphatic carbocycles. The Bertz CT molecular complexity index is 662. The zero-order valence-corrected chi connectivity index (χ0v) is 12.7. The molecule has 0 spiro atoms. The van der Waals surface area contributed by atoms with Gasteiger partial charge in [-0.25, -0.2) is 14.6 Å². The van der Waals surface area contributed by atoms with Crippen molar-refractivity contribution in [3.05, 3.63) is 29.8 Å². The topological polar surface area (TPSA) is 117 Å². The molecule has 1 saturated heterocycles. The molecule has 9 nitrogen and oxygen atoms in total. The summed E-state index contributed by atoms with van der Waals surface area (Å²) in [6, 6.07) is 1.54. The van der Waals surface area contributed by atoms with Crippen molar-refractivity contribution in [2.24, 2.45) is 0 Å². The van der Waals surface area contributed by atoms with Crippen molar-refractivity contribution >= 4 is 11.9 Å². The second-order valence-corrected chi connectivity index (χ2v) is 5.49. The summed E-state index contributed by atoms with van der Waals surface area (Å²) in [7, 11) is 0. The van der Waals surface area contributed by atoms with Crippen LogP contribution in [0.3, 0.4) is 0 Å². The van der Waals surface area contributed by atoms with Gasteiger partial charge in [0.25, 0.3) is 0 Å². The molecule has 2 aromatic rings. The third-order valence-corrected chi connectivity index (χ3v) is 3.88. The molecule has 3 heterocycles. The Morgan fingerprint density at radius 2 is 2.22 bits per heavy atom. The Kier molecular flexibility index (Phi) is 4.47. The zero-order valence-electron chi connectivity index (χ0n) is 12.7. The van der Waals surface area contributed by atoms with E-state index in [0.717, 1.165) is 0 Å². The molecule has 0 aromatic carbocycles. The average molecular weight is 318 g/mol. The van der Waals surface area contributed by atoms with E-state index in [0.29, 0.717) is 30.3 Å². The molecule has 2 aromatic heterocycles. The maximum absolute atomic E-state index is 12.3. The maximum atomic E-state index is 12.3. The summed E-state index contributed by atoms with van der Waals surface area (Å²) in [5, 5.41) is 20.7. The molecule has 1 aliphatic heterocycles. The Labute approximate surface area is 132 Å². The minimum Gasteiger partial charge on any atom is -0.389 e. The van der Waals surface area contributed by atoms with E-state index in [9.17, 15) is 9.90 Å². The average Bonchev–Trinajstić information content (AvgIpc) is 2.95. The van der Waals surface area contributed by atoms with Gasteiger partial charge in [0, 0.05) is 25.5 Å². The van der Waals surface area contributed by atoms with Crippen molar-refractivity contribution < 1.29 is 14.5 Å². The monoisotopic (exact) mass is 318 g/mol. The molecule has 0 bridgehead atoms. The number of aliphatic hydroxyl groups is 1. The van der Waals surface area contributed by atoms with Crippen molar-refractivity contribution in [3.63, 3.8) is 0 Å². The van der Waals surface area contributed by atoms with E-state index in [1.54, 1.807) is 30.3 Å². The summed E-state index contributed by atoms with van der Waals surface area (Å²) >= 11 is 0. The quantitative estimate of drug-likeness (QED) is 0.795. The number of β-amino-alcohol motifs (C(OH)–C–C–N with tert-alkyl or cyclic N) is 1. The van der Waals surface area contributed by atoms with E-state index < -0.39 is 6.10 Å². The van der Waals surface area contributed by atoms with E-state index >= 15 is 0 Å². The Balaban J connectivity index is 1.55. The lowest BCUT2D eigenvalue weighted by atomic mass is 10.0. The predicted octanol–water partition coefficient (Wildman–Crippen LogP) is -0.216. The lowest BCUT2D eigenvalue weighted by molar-refractivity contribution is -0.133. The minimum absolute atomic E-state index is 0.0998. The fourth-order valence-electron chi connectivity index (χ4n) is 2.53. The summed E-state index contributed by atoms with van der Waals surface area (Å²) in [5.74, 6) is 0.373. The van der Waals surface area contributed by atoms with Gasteiger partial charge in [-0.3, -0.25) is 4.79 Å². The second-order valence-electron chi connectivity index (χ2n) is 5.49. The van der Waals surface area contributed by atoms with E-state index in [4.69, 9.17) is 0 Å². The first-order valence-electron chi connectivity index (χ1n) is 7.41. The van der Waals surface area contributed by atoms with Gasteiger partial charge in [-0.15, -0.1) is 0 Å². The van der Waals surface area contributed by atoms with Crippen molar-refractivity contribution in [3.8, 4) is 0 Å². The number of hydrogen-bond acceptors (Lipinski definition) is 8. The standard InChI is InChI=1S/C14H18N6O3/c1-9-11(19-23-18-9)7-13(22)20-6-3-10(12(21)8-20)17-14-15-4-2-5-16-14/h2,4-5,10,12,21H,3,6-8H2,1H3,(H,15,16,17)/t10-,12-/m1/s1. The molecule has 23 heavy (non-hydrogen) atoms. The van der Waals surface area contributed by atoms with Gasteiger partial charge in [0.05, 0.1) is 18.6 Å². The lowest BCUT2D eigenvalue weighted by Gasteiger charge is -2.36. The largest absolute Gasteiger partial charge is 0.389 e. The predicted molar refractivity (Wildman–Crippen MR) is 79.4 cm³/mol. The van der Waals surface area contributed by atoms with Crippen LogP contribution < -0.4 is 5.32 Å². The van der Waals surface area contributed by atoms with Crippen LogP contribution >= 0.6 is 0 Å². The fourth-order valence-corrected chi connectivity index (χ4v) is 2.53. The highest BCUT2D eigenvalue weighted by atomic mass is 16.6. The molecule has 0 unspecified atom stereocenters. The first-order chi connectivity index (χ1) is 11.1. The van der Waals surface area contributed by atoms with Crippen LogP contribution in [0.1, 0.15) is 17.8 Å². The van der Waals surface area contributed by atoms with Crippen molar-refractivity contribution in [2.45, 2.75) is 31.9 Å². The summed E-state index contributed by atoms with van der Waals surface area (Å²) in [6.07, 6.45) is 3.32. The Morgan fingerprint density at radius 3 is 2.87 bits per heavy atom. The summed E-state index contributed by atoms with van der Waals surface area (Å²) in [4.78, 5) is 22.1. The number of nitrogens with zero attached hydrogens (tertiary/aromatic N) is 5. The van der Waals surface area contributed by atoms with E-state index in [2.05, 4.69) is 30.2 Å². The molecule has 3 rings (SSSR count). The fraction of sp³-hybridized carbons (Fsp3) is 0.500. The van der Waals surface area contributed by atoms with Gasteiger partial charge < -0.3 is 15.3 Å². The van der Waals surface area contributed by atoms with Crippen LogP contribution in [0, 0.1) is 6.92 Å². The summed E-state index contributed by atoms with van der Waals surface area (Å²) < 4.78 is 4.59. The molecular weight excluding hydrogens is 300 g/mol. The van der Waals surface area contributed by atoms with Crippen LogP contribution in [0.5, 0.6) is 0 Å². The minimum atomic E-state index is -0.687. The SMILES string of the molecule is Cc1nonc1CC(=O)N1CC[C@@H](Nc2ncccn2)[C@H](O)C1. The van der Waals surface area contributed by atoms with Crippen molar-refractivity contribution in [2.75, 3.05) is 18.4 Å². The van der Waals surface area contributed by atoms with Crippen molar-refractivity contribution in [1.29, 1.82) is 0 Å². The molecule has 1 aliphatic rings. The number of carbonyl (C=O) groups is 1. The van der Waals surface area contributed by atoms with Crippen LogP contribution in [0.15, 0.2) is 23.1 Å². The molecule has 122 valence electrons. The van der Waals surface area contributed by atoms with E-state index in [1.165, 1.54) is 0 Å². The number of anilines is 1. The highest BCUT2D eigenvalue weighted by molar-refractivity contribution is 5.78. The van der Waals surface area contributed by atoms with E-state index in [1.807, 2.05) is 0 Å². The molecule has 2 atom stereocenters. The number of nitrogens with one attached hydrogen (secondary N) is 1. The van der Waals surface area contributed by atoms with Gasteiger partial charge in [-0.2, -0.15) is 0 Å². The van der Waals surface area contributed by atoms with Crippen LogP contribution in [-0.4, -0.2) is 61.4 Å². The third-order valence-electron chi connectivity index (χ3n) is 3.88. The number of carbonyl (C=O) groups excluding carboxylic acids is 1. The number of aliphatic hydroxyl groups excluding tert-OH is 1. The second kappa shape index (κ2) is 6.69. The van der Waals surface area contributed by atoms with Gasteiger partial charge >= 0.3 is 0 Å². The van der Waals surface area contributed by atoms with Crippen LogP contribution in [0.4, 0.5) is 5.95 Å². The molecular formula is C14H18N6O3. The van der Waals surface area contributed by atoms with Gasteiger partial charge in [0.2, 0.25) is 11.9 Å². The number of aryl methyl sites for hydroxylation is 1. The van der Waals surface area contributed by atoms with Crippen molar-refractivity contribution in [1.82, 2.24) is 25.2 Å². The zero-order chi connectivity index (χ0) is 16.2. The molecule has 1 amide bonds. The first kappa shape index (κ1) is 15.3. The normalized spacial score (nSPS) is 21.2. The number of piperidine rings is 1. The van der Waals surface area contributed by atoms with Gasteiger partial charge in [-0.1, -0.05) is 10.3 Å². The molecule has 9 heteroatoms. The Morgan fingerprint density at radius 1 is 1.43 bits per heavy atom. The molecule has 0 saturated carbocycles. The van der Waals surface area contributed by atoms with Gasteiger partial charge in [0.1, 0.15) is 11.4 Å². The highest BCUT2D eigenvalue weighted by Gasteiger charge is 2.31. The molecule has 2 N–H and O–H groups in total. The number of hydrogen-bond donors (Lipinski definition) is 2. The molecule has 0 radical (unpaired) electrons. The van der Waals surface area contributed by atoms with Gasteiger partial charge in [0.15, 0.2) is 0 Å². The smallest absolute Gasteiger partial charge is 0.228 e. The van der Waals surface area contributed by atoms with Crippen LogP contribution in [0.2, 0.25) is 0 Å². The molecule has 1 fully saturated rings. The first-order valence-corrected chi connectivity index (χ1v) is 7.41. The van der Waals surface area contributed by atoms with Crippen LogP contribution in [-0.2, 0) is 11.2 Å². The van der Waals surface area contributed by atoms with E-state index in [-0.39, 0.29) is 24.9 Å². The number of amides is 1. The maximum Gasteiger partial charge on any atom is 0.228 e. The number of aromatic nitrogens is 4. The highest BCUT2D eigenvalue weighted by Crippen LogP contribution is 2.16. The number of likely N-dealkylation sites (tertiary alicyclic amines) is 1. The third kappa shape index (κ3) is 3.62. The summed E-state index contributed by atoms with van der Waals surface area (Å²) in [6.45, 7) is 2.54. The number of rotatable bonds is 4. The van der Waals surface area contributed by atoms with Gasteiger partial charge in [-0.05, 0) is 19.4 Å².